The van der Waals surface area contributed by atoms with E-state index in [9.17, 15) is 4.79 Å². The Bertz CT molecular complexity index is 961. The van der Waals surface area contributed by atoms with E-state index in [2.05, 4.69) is 10.5 Å². The van der Waals surface area contributed by atoms with Gasteiger partial charge in [0.1, 0.15) is 17.2 Å². The topological polar surface area (TPSA) is 64.4 Å². The molecule has 0 bridgehead atoms. The third-order valence-electron chi connectivity index (χ3n) is 4.14. The molecule has 0 atom stereocenters. The molecule has 0 spiro atoms. The second-order valence-electron chi connectivity index (χ2n) is 6.24. The number of nitrogens with zero attached hydrogens (tertiary/aromatic N) is 1. The van der Waals surface area contributed by atoms with Gasteiger partial charge in [-0.3, -0.25) is 4.79 Å². The number of benzene rings is 2. The molecule has 3 aromatic rings. The molecule has 0 aliphatic rings. The number of carbonyl (C=O) groups is 1. The van der Waals surface area contributed by atoms with Gasteiger partial charge in [-0.2, -0.15) is 0 Å². The van der Waals surface area contributed by atoms with Gasteiger partial charge in [0.05, 0.1) is 23.6 Å². The molecule has 0 aliphatic carbocycles. The van der Waals surface area contributed by atoms with E-state index in [0.29, 0.717) is 39.5 Å². The standard InChI is InChI=1S/C21H20Cl2N2O3S/c1-27-16-5-2-14(3-6-16)8-9-24-21(26)13-29-12-17-11-20(25-28-17)18-7-4-15(22)10-19(18)23/h2-7,10-11H,8-9,12-13H2,1H3,(H,24,26). The third-order valence-corrected chi connectivity index (χ3v) is 5.64. The van der Waals surface area contributed by atoms with Crippen molar-refractivity contribution < 1.29 is 14.1 Å². The van der Waals surface area contributed by atoms with Crippen LogP contribution in [-0.4, -0.2) is 30.5 Å². The quantitative estimate of drug-likeness (QED) is 0.482. The lowest BCUT2D eigenvalue weighted by Crippen LogP contribution is -2.27. The summed E-state index contributed by atoms with van der Waals surface area (Å²) in [6, 6.07) is 14.9. The maximum Gasteiger partial charge on any atom is 0.230 e. The molecular formula is C21H20Cl2N2O3S. The van der Waals surface area contributed by atoms with E-state index in [4.69, 9.17) is 32.5 Å². The summed E-state index contributed by atoms with van der Waals surface area (Å²) in [6.07, 6.45) is 0.772. The Labute approximate surface area is 183 Å². The minimum absolute atomic E-state index is 0.0102. The molecule has 0 aliphatic heterocycles. The van der Waals surface area contributed by atoms with Crippen LogP contribution in [-0.2, 0) is 17.0 Å². The second-order valence-corrected chi connectivity index (χ2v) is 8.07. The molecule has 0 fully saturated rings. The zero-order valence-corrected chi connectivity index (χ0v) is 18.1. The van der Waals surface area contributed by atoms with Crippen LogP contribution >= 0.6 is 35.0 Å². The third kappa shape index (κ3) is 6.42. The lowest BCUT2D eigenvalue weighted by atomic mass is 10.1. The van der Waals surface area contributed by atoms with Crippen molar-refractivity contribution in [2.24, 2.45) is 0 Å². The molecule has 1 aromatic heterocycles. The van der Waals surface area contributed by atoms with Crippen LogP contribution in [0.1, 0.15) is 11.3 Å². The van der Waals surface area contributed by atoms with Crippen molar-refractivity contribution in [1.82, 2.24) is 10.5 Å². The molecule has 29 heavy (non-hydrogen) atoms. The van der Waals surface area contributed by atoms with Gasteiger partial charge in [-0.1, -0.05) is 40.5 Å². The fraction of sp³-hybridized carbons (Fsp3) is 0.238. The smallest absolute Gasteiger partial charge is 0.230 e. The largest absolute Gasteiger partial charge is 0.497 e. The zero-order chi connectivity index (χ0) is 20.6. The Kier molecular flexibility index (Phi) is 7.86. The highest BCUT2D eigenvalue weighted by molar-refractivity contribution is 7.99. The highest BCUT2D eigenvalue weighted by Crippen LogP contribution is 2.30. The number of carbonyl (C=O) groups excluding carboxylic acids is 1. The normalized spacial score (nSPS) is 10.7. The van der Waals surface area contributed by atoms with E-state index in [-0.39, 0.29) is 5.91 Å². The van der Waals surface area contributed by atoms with Crippen LogP contribution in [0.4, 0.5) is 0 Å². The molecule has 8 heteroatoms. The van der Waals surface area contributed by atoms with Crippen molar-refractivity contribution in [3.05, 3.63) is 69.9 Å². The van der Waals surface area contributed by atoms with Gasteiger partial charge in [0.15, 0.2) is 0 Å². The van der Waals surface area contributed by atoms with Gasteiger partial charge in [-0.05, 0) is 42.3 Å². The molecule has 1 N–H and O–H groups in total. The molecule has 0 saturated carbocycles. The van der Waals surface area contributed by atoms with Crippen molar-refractivity contribution in [2.75, 3.05) is 19.4 Å². The van der Waals surface area contributed by atoms with Crippen molar-refractivity contribution in [2.45, 2.75) is 12.2 Å². The van der Waals surface area contributed by atoms with Crippen molar-refractivity contribution in [3.8, 4) is 17.0 Å². The highest BCUT2D eigenvalue weighted by atomic mass is 35.5. The van der Waals surface area contributed by atoms with E-state index >= 15 is 0 Å². The fourth-order valence-corrected chi connectivity index (χ4v) is 3.87. The number of nitrogens with one attached hydrogen (secondary N) is 1. The van der Waals surface area contributed by atoms with Gasteiger partial charge in [0.25, 0.3) is 0 Å². The molecule has 0 saturated heterocycles. The lowest BCUT2D eigenvalue weighted by Gasteiger charge is -2.06. The fourth-order valence-electron chi connectivity index (χ4n) is 2.64. The van der Waals surface area contributed by atoms with Crippen LogP contribution in [0.5, 0.6) is 5.75 Å². The van der Waals surface area contributed by atoms with Crippen LogP contribution in [0, 0.1) is 0 Å². The maximum atomic E-state index is 12.0. The summed E-state index contributed by atoms with van der Waals surface area (Å²) in [5.74, 6) is 2.39. The highest BCUT2D eigenvalue weighted by Gasteiger charge is 2.11. The predicted molar refractivity (Wildman–Crippen MR) is 118 cm³/mol. The number of amides is 1. The van der Waals surface area contributed by atoms with E-state index < -0.39 is 0 Å². The molecule has 1 amide bonds. The minimum atomic E-state index is -0.0102. The zero-order valence-electron chi connectivity index (χ0n) is 15.8. The van der Waals surface area contributed by atoms with Gasteiger partial charge in [0.2, 0.25) is 5.91 Å². The molecule has 1 heterocycles. The average Bonchev–Trinajstić information content (AvgIpc) is 3.17. The van der Waals surface area contributed by atoms with Crippen LogP contribution in [0.3, 0.4) is 0 Å². The molecule has 3 rings (SSSR count). The first-order valence-electron chi connectivity index (χ1n) is 8.93. The van der Waals surface area contributed by atoms with Gasteiger partial charge in [0, 0.05) is 23.2 Å². The van der Waals surface area contributed by atoms with Crippen LogP contribution < -0.4 is 10.1 Å². The van der Waals surface area contributed by atoms with E-state index in [1.165, 1.54) is 11.8 Å². The van der Waals surface area contributed by atoms with Gasteiger partial charge in [-0.25, -0.2) is 0 Å². The van der Waals surface area contributed by atoms with Crippen molar-refractivity contribution in [1.29, 1.82) is 0 Å². The minimum Gasteiger partial charge on any atom is -0.497 e. The Morgan fingerprint density at radius 1 is 1.17 bits per heavy atom. The molecule has 2 aromatic carbocycles. The van der Waals surface area contributed by atoms with Crippen molar-refractivity contribution >= 4 is 40.9 Å². The number of aromatic nitrogens is 1. The van der Waals surface area contributed by atoms with Gasteiger partial charge in [-0.15, -0.1) is 11.8 Å². The molecular weight excluding hydrogens is 431 g/mol. The first-order chi connectivity index (χ1) is 14.0. The number of hydrogen-bond donors (Lipinski definition) is 1. The van der Waals surface area contributed by atoms with Gasteiger partial charge >= 0.3 is 0 Å². The lowest BCUT2D eigenvalue weighted by molar-refractivity contribution is -0.118. The summed E-state index contributed by atoms with van der Waals surface area (Å²) < 4.78 is 10.5. The van der Waals surface area contributed by atoms with E-state index in [1.54, 1.807) is 25.3 Å². The predicted octanol–water partition coefficient (Wildman–Crippen LogP) is 5.25. The number of hydrogen-bond acceptors (Lipinski definition) is 5. The Morgan fingerprint density at radius 2 is 1.97 bits per heavy atom. The summed E-state index contributed by atoms with van der Waals surface area (Å²) in [6.45, 7) is 0.591. The van der Waals surface area contributed by atoms with Gasteiger partial charge < -0.3 is 14.6 Å². The second kappa shape index (κ2) is 10.6. The number of halogens is 2. The maximum absolute atomic E-state index is 12.0. The SMILES string of the molecule is COc1ccc(CCNC(=O)CSCc2cc(-c3ccc(Cl)cc3Cl)no2)cc1. The van der Waals surface area contributed by atoms with Crippen LogP contribution in [0.25, 0.3) is 11.3 Å². The van der Waals surface area contributed by atoms with Crippen LogP contribution in [0.15, 0.2) is 53.1 Å². The number of ether oxygens (including phenoxy) is 1. The molecule has 5 nitrogen and oxygen atoms in total. The number of methoxy groups -OCH3 is 1. The van der Waals surface area contributed by atoms with Crippen LogP contribution in [0.2, 0.25) is 10.0 Å². The van der Waals surface area contributed by atoms with E-state index in [1.807, 2.05) is 30.3 Å². The summed E-state index contributed by atoms with van der Waals surface area (Å²) in [5.41, 5.74) is 2.55. The molecule has 0 unspecified atom stereocenters. The summed E-state index contributed by atoms with van der Waals surface area (Å²) in [5, 5.41) is 8.05. The summed E-state index contributed by atoms with van der Waals surface area (Å²) in [4.78, 5) is 12.0. The average molecular weight is 451 g/mol. The monoisotopic (exact) mass is 450 g/mol. The number of rotatable bonds is 9. The Hall–Kier alpha value is -2.15. The summed E-state index contributed by atoms with van der Waals surface area (Å²) in [7, 11) is 1.64. The van der Waals surface area contributed by atoms with Crippen molar-refractivity contribution in [3.63, 3.8) is 0 Å². The van der Waals surface area contributed by atoms with E-state index in [0.717, 1.165) is 23.3 Å². The Balaban J connectivity index is 1.39. The Morgan fingerprint density at radius 3 is 2.69 bits per heavy atom. The summed E-state index contributed by atoms with van der Waals surface area (Å²) >= 11 is 13.6. The molecule has 0 radical (unpaired) electrons. The first-order valence-corrected chi connectivity index (χ1v) is 10.8. The molecule has 152 valence electrons. The number of thioether (sulfide) groups is 1. The first kappa shape index (κ1) is 21.6.